The van der Waals surface area contributed by atoms with Crippen molar-refractivity contribution in [2.75, 3.05) is 6.54 Å². The molecular formula is C25H30N2O7. The topological polar surface area (TPSA) is 125 Å². The van der Waals surface area contributed by atoms with E-state index in [1.165, 1.54) is 0 Å². The maximum absolute atomic E-state index is 13.0. The van der Waals surface area contributed by atoms with Gasteiger partial charge in [-0.3, -0.25) is 9.59 Å². The molecule has 0 aliphatic heterocycles. The minimum Gasteiger partial charge on any atom is -0.461 e. The number of nitrogens with two attached hydrogens (primary N) is 1. The van der Waals surface area contributed by atoms with E-state index in [0.29, 0.717) is 10.5 Å². The fourth-order valence-corrected chi connectivity index (χ4v) is 2.87. The normalized spacial score (nSPS) is 11.8. The van der Waals surface area contributed by atoms with Gasteiger partial charge in [-0.05, 0) is 31.9 Å². The Kier molecular flexibility index (Phi) is 9.76. The Bertz CT molecular complexity index is 972. The van der Waals surface area contributed by atoms with Crippen LogP contribution in [0.2, 0.25) is 0 Å². The molecule has 34 heavy (non-hydrogen) atoms. The number of rotatable bonds is 9. The summed E-state index contributed by atoms with van der Waals surface area (Å²) < 4.78 is 15.8. The Morgan fingerprint density at radius 1 is 0.853 bits per heavy atom. The smallest absolute Gasteiger partial charge is 0.417 e. The standard InChI is InChI=1S/C25H30N2O7/c1-25(2,3)34-24(31)27(21(28)15-26)20(23(30)33-17-19-12-8-5-9-13-19)14-22(29)32-16-18-10-6-4-7-11-18/h4-13,20H,14-17,26H2,1-3H3/t20-/m0/s1. The van der Waals surface area contributed by atoms with Gasteiger partial charge in [0.25, 0.3) is 0 Å². The number of esters is 2. The van der Waals surface area contributed by atoms with E-state index in [0.717, 1.165) is 5.56 Å². The van der Waals surface area contributed by atoms with E-state index < -0.39 is 48.5 Å². The molecule has 1 atom stereocenters. The number of ether oxygens (including phenoxy) is 3. The van der Waals surface area contributed by atoms with Crippen LogP contribution in [0, 0.1) is 0 Å². The SMILES string of the molecule is CC(C)(C)OC(=O)N(C(=O)CN)[C@@H](CC(=O)OCc1ccccc1)C(=O)OCc1ccccc1. The number of nitrogens with zero attached hydrogens (tertiary/aromatic N) is 1. The Morgan fingerprint density at radius 2 is 1.35 bits per heavy atom. The maximum atomic E-state index is 13.0. The second kappa shape index (κ2) is 12.5. The second-order valence-electron chi connectivity index (χ2n) is 8.41. The number of carbonyl (C=O) groups is 4. The molecule has 0 saturated heterocycles. The van der Waals surface area contributed by atoms with Crippen LogP contribution in [0.4, 0.5) is 4.79 Å². The highest BCUT2D eigenvalue weighted by molar-refractivity contribution is 5.99. The summed E-state index contributed by atoms with van der Waals surface area (Å²) in [5.41, 5.74) is 5.94. The number of benzene rings is 2. The molecule has 182 valence electrons. The molecule has 9 heteroatoms. The Labute approximate surface area is 198 Å². The molecule has 0 spiro atoms. The van der Waals surface area contributed by atoms with E-state index in [2.05, 4.69) is 0 Å². The van der Waals surface area contributed by atoms with Crippen molar-refractivity contribution in [3.05, 3.63) is 71.8 Å². The zero-order valence-electron chi connectivity index (χ0n) is 19.6. The van der Waals surface area contributed by atoms with Crippen LogP contribution in [0.15, 0.2) is 60.7 Å². The summed E-state index contributed by atoms with van der Waals surface area (Å²) in [5.74, 6) is -2.66. The first kappa shape index (κ1) is 26.5. The van der Waals surface area contributed by atoms with Crippen molar-refractivity contribution in [3.8, 4) is 0 Å². The third-order valence-electron chi connectivity index (χ3n) is 4.44. The largest absolute Gasteiger partial charge is 0.461 e. The van der Waals surface area contributed by atoms with Crippen molar-refractivity contribution >= 4 is 23.9 Å². The van der Waals surface area contributed by atoms with E-state index in [-0.39, 0.29) is 13.2 Å². The number of carbonyl (C=O) groups excluding carboxylic acids is 4. The number of amides is 2. The molecule has 0 aromatic heterocycles. The zero-order valence-corrected chi connectivity index (χ0v) is 19.6. The average molecular weight is 471 g/mol. The van der Waals surface area contributed by atoms with Gasteiger partial charge in [0.05, 0.1) is 13.0 Å². The minimum atomic E-state index is -1.61. The lowest BCUT2D eigenvalue weighted by Gasteiger charge is -2.30. The van der Waals surface area contributed by atoms with Gasteiger partial charge in [-0.1, -0.05) is 60.7 Å². The molecule has 0 bridgehead atoms. The molecule has 2 aromatic carbocycles. The van der Waals surface area contributed by atoms with E-state index in [1.807, 2.05) is 6.07 Å². The quantitative estimate of drug-likeness (QED) is 0.438. The number of imide groups is 1. The average Bonchev–Trinajstić information content (AvgIpc) is 2.80. The molecule has 0 fully saturated rings. The van der Waals surface area contributed by atoms with Gasteiger partial charge >= 0.3 is 18.0 Å². The van der Waals surface area contributed by atoms with Crippen molar-refractivity contribution in [2.24, 2.45) is 5.73 Å². The molecule has 2 rings (SSSR count). The van der Waals surface area contributed by atoms with Gasteiger partial charge in [0, 0.05) is 0 Å². The van der Waals surface area contributed by atoms with Gasteiger partial charge in [-0.25, -0.2) is 14.5 Å². The molecule has 0 aliphatic rings. The molecule has 0 saturated carbocycles. The van der Waals surface area contributed by atoms with Crippen LogP contribution in [-0.2, 0) is 41.8 Å². The fraction of sp³-hybridized carbons (Fsp3) is 0.360. The highest BCUT2D eigenvalue weighted by Crippen LogP contribution is 2.17. The molecule has 9 nitrogen and oxygen atoms in total. The molecule has 2 aromatic rings. The summed E-state index contributed by atoms with van der Waals surface area (Å²) in [7, 11) is 0. The van der Waals surface area contributed by atoms with Crippen LogP contribution in [0.3, 0.4) is 0 Å². The predicted octanol–water partition coefficient (Wildman–Crippen LogP) is 2.95. The first-order valence-electron chi connectivity index (χ1n) is 10.8. The zero-order chi connectivity index (χ0) is 25.1. The van der Waals surface area contributed by atoms with Gasteiger partial charge in [-0.2, -0.15) is 0 Å². The molecule has 0 aliphatic carbocycles. The first-order chi connectivity index (χ1) is 16.1. The Morgan fingerprint density at radius 3 is 1.82 bits per heavy atom. The van der Waals surface area contributed by atoms with E-state index in [1.54, 1.807) is 75.4 Å². The highest BCUT2D eigenvalue weighted by atomic mass is 16.6. The fourth-order valence-electron chi connectivity index (χ4n) is 2.87. The molecule has 2 amide bonds. The van der Waals surface area contributed by atoms with Crippen LogP contribution < -0.4 is 5.73 Å². The summed E-state index contributed by atoms with van der Waals surface area (Å²) in [5, 5.41) is 0. The summed E-state index contributed by atoms with van der Waals surface area (Å²) >= 11 is 0. The van der Waals surface area contributed by atoms with Gasteiger partial charge < -0.3 is 19.9 Å². The van der Waals surface area contributed by atoms with Crippen LogP contribution in [0.1, 0.15) is 38.3 Å². The van der Waals surface area contributed by atoms with Crippen molar-refractivity contribution < 1.29 is 33.4 Å². The Balaban J connectivity index is 2.23. The van der Waals surface area contributed by atoms with Gasteiger partial charge in [0.2, 0.25) is 5.91 Å². The lowest BCUT2D eigenvalue weighted by atomic mass is 10.1. The van der Waals surface area contributed by atoms with E-state index >= 15 is 0 Å². The molecule has 2 N–H and O–H groups in total. The molecule has 0 heterocycles. The lowest BCUT2D eigenvalue weighted by molar-refractivity contribution is -0.160. The third kappa shape index (κ3) is 8.67. The van der Waals surface area contributed by atoms with Gasteiger partial charge in [0.1, 0.15) is 18.8 Å². The molecule has 0 radical (unpaired) electrons. The maximum Gasteiger partial charge on any atom is 0.417 e. The van der Waals surface area contributed by atoms with Crippen LogP contribution in [-0.4, -0.2) is 47.0 Å². The number of hydrogen-bond donors (Lipinski definition) is 1. The summed E-state index contributed by atoms with van der Waals surface area (Å²) in [4.78, 5) is 51.5. The highest BCUT2D eigenvalue weighted by Gasteiger charge is 2.40. The van der Waals surface area contributed by atoms with Gasteiger partial charge in [0.15, 0.2) is 6.04 Å². The number of hydrogen-bond acceptors (Lipinski definition) is 8. The monoisotopic (exact) mass is 470 g/mol. The lowest BCUT2D eigenvalue weighted by Crippen LogP contribution is -2.53. The third-order valence-corrected chi connectivity index (χ3v) is 4.44. The van der Waals surface area contributed by atoms with Gasteiger partial charge in [-0.15, -0.1) is 0 Å². The molecular weight excluding hydrogens is 440 g/mol. The van der Waals surface area contributed by atoms with Crippen molar-refractivity contribution in [1.82, 2.24) is 4.90 Å². The van der Waals surface area contributed by atoms with E-state index in [9.17, 15) is 19.2 Å². The van der Waals surface area contributed by atoms with Crippen LogP contribution in [0.25, 0.3) is 0 Å². The van der Waals surface area contributed by atoms with E-state index in [4.69, 9.17) is 19.9 Å². The second-order valence-corrected chi connectivity index (χ2v) is 8.41. The summed E-state index contributed by atoms with van der Waals surface area (Å²) in [6, 6.07) is 16.2. The summed E-state index contributed by atoms with van der Waals surface area (Å²) in [6.45, 7) is 4.07. The van der Waals surface area contributed by atoms with Crippen molar-refractivity contribution in [2.45, 2.75) is 52.0 Å². The first-order valence-corrected chi connectivity index (χ1v) is 10.8. The summed E-state index contributed by atoms with van der Waals surface area (Å²) in [6.07, 6.45) is -1.73. The van der Waals surface area contributed by atoms with Crippen molar-refractivity contribution in [3.63, 3.8) is 0 Å². The minimum absolute atomic E-state index is 0.0390. The van der Waals surface area contributed by atoms with Crippen LogP contribution in [0.5, 0.6) is 0 Å². The predicted molar refractivity (Wildman–Crippen MR) is 123 cm³/mol. The van der Waals surface area contributed by atoms with Crippen molar-refractivity contribution in [1.29, 1.82) is 0 Å². The van der Waals surface area contributed by atoms with Crippen LogP contribution >= 0.6 is 0 Å². The molecule has 0 unspecified atom stereocenters. The Hall–Kier alpha value is -3.72.